The molecule has 0 unspecified atom stereocenters. The van der Waals surface area contributed by atoms with Crippen LogP contribution >= 0.6 is 18.2 Å². The van der Waals surface area contributed by atoms with Crippen LogP contribution in [0.3, 0.4) is 0 Å². The van der Waals surface area contributed by atoms with Crippen molar-refractivity contribution in [2.45, 2.75) is 13.8 Å². The van der Waals surface area contributed by atoms with Crippen molar-refractivity contribution in [2.24, 2.45) is 0 Å². The third kappa shape index (κ3) is 8.24. The molecule has 9 heavy (non-hydrogen) atoms. The lowest BCUT2D eigenvalue weighted by atomic mass is 10.4. The maximum atomic E-state index is 10.1. The van der Waals surface area contributed by atoms with Crippen LogP contribution in [0.5, 0.6) is 0 Å². The van der Waals surface area contributed by atoms with Crippen molar-refractivity contribution in [3.05, 3.63) is 11.0 Å². The van der Waals surface area contributed by atoms with Gasteiger partial charge in [-0.05, 0) is 30.6 Å². The Balaban J connectivity index is 3.79. The van der Waals surface area contributed by atoms with Gasteiger partial charge in [-0.3, -0.25) is 0 Å². The highest BCUT2D eigenvalue weighted by atomic mass is 32.7. The standard InChI is InChI=1S/C4H9O3PS/c1-4(2)3-9-8(5,6)7/h3H,1-2H3,(H2,5,6,7). The van der Waals surface area contributed by atoms with Gasteiger partial charge in [-0.2, -0.15) is 0 Å². The number of hydrogen-bond donors (Lipinski definition) is 2. The smallest absolute Gasteiger partial charge is 0.316 e. The van der Waals surface area contributed by atoms with Crippen molar-refractivity contribution >= 4 is 18.2 Å². The molecule has 2 N–H and O–H groups in total. The molecule has 0 amide bonds. The van der Waals surface area contributed by atoms with Crippen LogP contribution < -0.4 is 0 Å². The summed E-state index contributed by atoms with van der Waals surface area (Å²) >= 11 is 0.546. The van der Waals surface area contributed by atoms with E-state index in [1.807, 2.05) is 0 Å². The van der Waals surface area contributed by atoms with Crippen molar-refractivity contribution in [3.8, 4) is 0 Å². The van der Waals surface area contributed by atoms with E-state index in [2.05, 4.69) is 0 Å². The molecule has 0 aliphatic rings. The van der Waals surface area contributed by atoms with Gasteiger partial charge in [0.25, 0.3) is 0 Å². The molecule has 0 rings (SSSR count). The second kappa shape index (κ2) is 3.42. The first kappa shape index (κ1) is 9.24. The van der Waals surface area contributed by atoms with Crippen molar-refractivity contribution < 1.29 is 14.4 Å². The Hall–Kier alpha value is 0.240. The lowest BCUT2D eigenvalue weighted by molar-refractivity contribution is 0.397. The number of rotatable bonds is 2. The van der Waals surface area contributed by atoms with Gasteiger partial charge in [-0.15, -0.1) is 0 Å². The van der Waals surface area contributed by atoms with Gasteiger partial charge < -0.3 is 9.79 Å². The summed E-state index contributed by atoms with van der Waals surface area (Å²) < 4.78 is 10.1. The number of hydrogen-bond acceptors (Lipinski definition) is 2. The molecule has 0 atom stereocenters. The summed E-state index contributed by atoms with van der Waals surface area (Å²) in [6, 6.07) is 0. The first-order valence-electron chi connectivity index (χ1n) is 2.29. The molecule has 3 nitrogen and oxygen atoms in total. The molecule has 0 aromatic carbocycles. The zero-order valence-electron chi connectivity index (χ0n) is 5.24. The van der Waals surface area contributed by atoms with Crippen molar-refractivity contribution in [1.29, 1.82) is 0 Å². The summed E-state index contributed by atoms with van der Waals surface area (Å²) in [6.07, 6.45) is 0. The maximum Gasteiger partial charge on any atom is 0.388 e. The molecule has 0 aliphatic carbocycles. The predicted molar refractivity (Wildman–Crippen MR) is 39.1 cm³/mol. The van der Waals surface area contributed by atoms with Crippen molar-refractivity contribution in [1.82, 2.24) is 0 Å². The van der Waals surface area contributed by atoms with E-state index in [0.717, 1.165) is 5.57 Å². The zero-order chi connectivity index (χ0) is 7.49. The molecule has 0 fully saturated rings. The first-order valence-corrected chi connectivity index (χ1v) is 5.39. The zero-order valence-corrected chi connectivity index (χ0v) is 6.95. The average Bonchev–Trinajstić information content (AvgIpc) is 1.59. The fourth-order valence-electron chi connectivity index (χ4n) is 0.174. The second-order valence-corrected chi connectivity index (χ2v) is 5.28. The van der Waals surface area contributed by atoms with E-state index in [1.54, 1.807) is 13.8 Å². The van der Waals surface area contributed by atoms with Crippen LogP contribution in [0, 0.1) is 0 Å². The molecule has 0 spiro atoms. The van der Waals surface area contributed by atoms with E-state index in [4.69, 9.17) is 9.79 Å². The Labute approximate surface area is 58.1 Å². The van der Waals surface area contributed by atoms with Crippen LogP contribution in [-0.4, -0.2) is 9.79 Å². The average molecular weight is 168 g/mol. The van der Waals surface area contributed by atoms with E-state index >= 15 is 0 Å². The summed E-state index contributed by atoms with van der Waals surface area (Å²) in [7, 11) is 0. The van der Waals surface area contributed by atoms with Crippen LogP contribution in [0.4, 0.5) is 0 Å². The highest BCUT2D eigenvalue weighted by Gasteiger charge is 2.09. The lowest BCUT2D eigenvalue weighted by Gasteiger charge is -1.96. The van der Waals surface area contributed by atoms with Crippen LogP contribution in [0.15, 0.2) is 11.0 Å². The fraction of sp³-hybridized carbons (Fsp3) is 0.500. The Bertz CT molecular complexity index is 155. The van der Waals surface area contributed by atoms with Crippen molar-refractivity contribution in [2.75, 3.05) is 0 Å². The van der Waals surface area contributed by atoms with E-state index < -0.39 is 6.80 Å². The molecule has 0 aromatic heterocycles. The first-order chi connectivity index (χ1) is 3.92. The van der Waals surface area contributed by atoms with Gasteiger partial charge in [0.2, 0.25) is 0 Å². The van der Waals surface area contributed by atoms with Gasteiger partial charge in [0.1, 0.15) is 0 Å². The van der Waals surface area contributed by atoms with Crippen LogP contribution in [0.25, 0.3) is 0 Å². The normalized spacial score (nSPS) is 11.1. The highest BCUT2D eigenvalue weighted by molar-refractivity contribution is 8.56. The molecule has 0 bridgehead atoms. The van der Waals surface area contributed by atoms with Gasteiger partial charge in [0.05, 0.1) is 0 Å². The third-order valence-electron chi connectivity index (χ3n) is 0.426. The number of allylic oxidation sites excluding steroid dienone is 1. The van der Waals surface area contributed by atoms with Crippen LogP contribution in [-0.2, 0) is 4.57 Å². The Morgan fingerprint density at radius 1 is 1.56 bits per heavy atom. The van der Waals surface area contributed by atoms with E-state index in [-0.39, 0.29) is 0 Å². The summed E-state index contributed by atoms with van der Waals surface area (Å²) in [5.74, 6) is 0. The minimum Gasteiger partial charge on any atom is -0.316 e. The van der Waals surface area contributed by atoms with E-state index in [0.29, 0.717) is 11.4 Å². The topological polar surface area (TPSA) is 57.5 Å². The second-order valence-electron chi connectivity index (χ2n) is 1.79. The van der Waals surface area contributed by atoms with E-state index in [1.165, 1.54) is 5.41 Å². The van der Waals surface area contributed by atoms with E-state index in [9.17, 15) is 4.57 Å². The summed E-state index contributed by atoms with van der Waals surface area (Å²) in [5.41, 5.74) is 0.892. The maximum absolute atomic E-state index is 10.1. The van der Waals surface area contributed by atoms with Gasteiger partial charge in [-0.25, -0.2) is 4.57 Å². The molecule has 5 heteroatoms. The van der Waals surface area contributed by atoms with Gasteiger partial charge >= 0.3 is 6.80 Å². The lowest BCUT2D eigenvalue weighted by Crippen LogP contribution is -1.65. The Kier molecular flexibility index (Phi) is 3.51. The quantitative estimate of drug-likeness (QED) is 0.616. The third-order valence-corrected chi connectivity index (χ3v) is 2.42. The predicted octanol–water partition coefficient (Wildman–Crippen LogP) is 1.74. The Morgan fingerprint density at radius 3 is 2.11 bits per heavy atom. The highest BCUT2D eigenvalue weighted by Crippen LogP contribution is 2.51. The molecule has 0 saturated heterocycles. The Morgan fingerprint density at radius 2 is 2.00 bits per heavy atom. The fourth-order valence-corrected chi connectivity index (χ4v) is 1.57. The molecular formula is C4H9O3PS. The summed E-state index contributed by atoms with van der Waals surface area (Å²) in [5, 5.41) is 1.45. The van der Waals surface area contributed by atoms with Crippen LogP contribution in [0.2, 0.25) is 0 Å². The largest absolute Gasteiger partial charge is 0.388 e. The minimum absolute atomic E-state index is 0.546. The summed E-state index contributed by atoms with van der Waals surface area (Å²) in [6.45, 7) is -0.318. The van der Waals surface area contributed by atoms with Gasteiger partial charge in [0, 0.05) is 0 Å². The monoisotopic (exact) mass is 168 g/mol. The van der Waals surface area contributed by atoms with Gasteiger partial charge in [-0.1, -0.05) is 5.57 Å². The minimum atomic E-state index is -3.88. The summed E-state index contributed by atoms with van der Waals surface area (Å²) in [4.78, 5) is 16.6. The molecule has 0 saturated carbocycles. The molecule has 0 aromatic rings. The SMILES string of the molecule is CC(C)=CSP(=O)(O)O. The van der Waals surface area contributed by atoms with Crippen molar-refractivity contribution in [3.63, 3.8) is 0 Å². The molecule has 0 aliphatic heterocycles. The molecule has 54 valence electrons. The molecule has 0 heterocycles. The molecular weight excluding hydrogens is 159 g/mol. The van der Waals surface area contributed by atoms with Crippen LogP contribution in [0.1, 0.15) is 13.8 Å². The van der Waals surface area contributed by atoms with Gasteiger partial charge in [0.15, 0.2) is 0 Å². The molecule has 0 radical (unpaired) electrons.